The van der Waals surface area contributed by atoms with Crippen LogP contribution < -0.4 is 11.1 Å². The molecule has 1 aliphatic rings. The maximum absolute atomic E-state index is 12.4. The molecule has 0 spiro atoms. The van der Waals surface area contributed by atoms with Crippen molar-refractivity contribution in [3.63, 3.8) is 0 Å². The molecule has 0 aliphatic heterocycles. The SMILES string of the molecule is Cc1cnn(CCNC(=O)C2(CN)CCC(C)CC2)c1. The van der Waals surface area contributed by atoms with E-state index in [9.17, 15) is 4.79 Å². The van der Waals surface area contributed by atoms with Crippen LogP contribution in [0.4, 0.5) is 0 Å². The van der Waals surface area contributed by atoms with Crippen molar-refractivity contribution in [2.75, 3.05) is 13.1 Å². The topological polar surface area (TPSA) is 72.9 Å². The molecule has 1 saturated carbocycles. The lowest BCUT2D eigenvalue weighted by Crippen LogP contribution is -2.48. The summed E-state index contributed by atoms with van der Waals surface area (Å²) in [7, 11) is 0. The molecule has 1 amide bonds. The molecule has 0 unspecified atom stereocenters. The van der Waals surface area contributed by atoms with Gasteiger partial charge in [0.05, 0.1) is 18.2 Å². The van der Waals surface area contributed by atoms with Crippen molar-refractivity contribution in [1.82, 2.24) is 15.1 Å². The van der Waals surface area contributed by atoms with Gasteiger partial charge in [-0.2, -0.15) is 5.10 Å². The molecule has 112 valence electrons. The second-order valence-corrected chi connectivity index (χ2v) is 6.20. The van der Waals surface area contributed by atoms with E-state index in [1.807, 2.05) is 24.0 Å². The third kappa shape index (κ3) is 3.39. The number of aryl methyl sites for hydroxylation is 1. The average molecular weight is 278 g/mol. The quantitative estimate of drug-likeness (QED) is 0.856. The molecule has 1 aromatic rings. The molecule has 1 aromatic heterocycles. The predicted octanol–water partition coefficient (Wildman–Crippen LogP) is 1.46. The fourth-order valence-electron chi connectivity index (χ4n) is 2.90. The minimum atomic E-state index is -0.341. The Labute approximate surface area is 120 Å². The van der Waals surface area contributed by atoms with E-state index >= 15 is 0 Å². The summed E-state index contributed by atoms with van der Waals surface area (Å²) in [6.45, 7) is 6.02. The van der Waals surface area contributed by atoms with E-state index in [0.29, 0.717) is 19.6 Å². The number of nitrogens with two attached hydrogens (primary N) is 1. The lowest BCUT2D eigenvalue weighted by molar-refractivity contribution is -0.132. The Bertz CT molecular complexity index is 446. The third-order valence-electron chi connectivity index (χ3n) is 4.49. The van der Waals surface area contributed by atoms with Crippen LogP contribution in [-0.2, 0) is 11.3 Å². The van der Waals surface area contributed by atoms with Gasteiger partial charge in [0.2, 0.25) is 5.91 Å². The third-order valence-corrected chi connectivity index (χ3v) is 4.49. The molecule has 0 atom stereocenters. The Morgan fingerprint density at radius 1 is 1.55 bits per heavy atom. The summed E-state index contributed by atoms with van der Waals surface area (Å²) in [6, 6.07) is 0. The van der Waals surface area contributed by atoms with E-state index in [-0.39, 0.29) is 11.3 Å². The van der Waals surface area contributed by atoms with E-state index in [1.165, 1.54) is 0 Å². The Hall–Kier alpha value is -1.36. The van der Waals surface area contributed by atoms with E-state index in [0.717, 1.165) is 37.2 Å². The highest BCUT2D eigenvalue weighted by atomic mass is 16.2. The van der Waals surface area contributed by atoms with Crippen molar-refractivity contribution >= 4 is 5.91 Å². The van der Waals surface area contributed by atoms with Crippen molar-refractivity contribution in [3.05, 3.63) is 18.0 Å². The number of carbonyl (C=O) groups excluding carboxylic acids is 1. The Kier molecular flexibility index (Phi) is 4.81. The number of hydrogen-bond donors (Lipinski definition) is 2. The fourth-order valence-corrected chi connectivity index (χ4v) is 2.90. The first kappa shape index (κ1) is 15.0. The van der Waals surface area contributed by atoms with Crippen LogP contribution in [0, 0.1) is 18.3 Å². The molecule has 20 heavy (non-hydrogen) atoms. The van der Waals surface area contributed by atoms with Crippen LogP contribution in [0.1, 0.15) is 38.2 Å². The first-order valence-electron chi connectivity index (χ1n) is 7.53. The maximum atomic E-state index is 12.4. The molecule has 1 aliphatic carbocycles. The highest BCUT2D eigenvalue weighted by Crippen LogP contribution is 2.38. The van der Waals surface area contributed by atoms with Crippen molar-refractivity contribution in [3.8, 4) is 0 Å². The summed E-state index contributed by atoms with van der Waals surface area (Å²) < 4.78 is 1.85. The number of nitrogens with zero attached hydrogens (tertiary/aromatic N) is 2. The van der Waals surface area contributed by atoms with Gasteiger partial charge >= 0.3 is 0 Å². The van der Waals surface area contributed by atoms with Gasteiger partial charge < -0.3 is 11.1 Å². The summed E-state index contributed by atoms with van der Waals surface area (Å²) >= 11 is 0. The smallest absolute Gasteiger partial charge is 0.227 e. The average Bonchev–Trinajstić information content (AvgIpc) is 2.85. The van der Waals surface area contributed by atoms with Crippen LogP contribution >= 0.6 is 0 Å². The van der Waals surface area contributed by atoms with Gasteiger partial charge in [-0.3, -0.25) is 9.48 Å². The van der Waals surface area contributed by atoms with Crippen LogP contribution in [0.2, 0.25) is 0 Å². The summed E-state index contributed by atoms with van der Waals surface area (Å²) in [5.41, 5.74) is 6.69. The minimum absolute atomic E-state index is 0.121. The maximum Gasteiger partial charge on any atom is 0.227 e. The first-order valence-corrected chi connectivity index (χ1v) is 7.53. The van der Waals surface area contributed by atoms with Crippen LogP contribution in [-0.4, -0.2) is 28.8 Å². The summed E-state index contributed by atoms with van der Waals surface area (Å²) in [4.78, 5) is 12.4. The molecule has 5 nitrogen and oxygen atoms in total. The van der Waals surface area contributed by atoms with Crippen LogP contribution in [0.3, 0.4) is 0 Å². The number of carbonyl (C=O) groups is 1. The molecule has 0 bridgehead atoms. The first-order chi connectivity index (χ1) is 9.55. The zero-order chi connectivity index (χ0) is 14.6. The Balaban J connectivity index is 1.83. The van der Waals surface area contributed by atoms with Gasteiger partial charge in [0.25, 0.3) is 0 Å². The standard InChI is InChI=1S/C15H26N4O/c1-12-3-5-15(11-16,6-4-12)14(20)17-7-8-19-10-13(2)9-18-19/h9-10,12H,3-8,11,16H2,1-2H3,(H,17,20). The lowest BCUT2D eigenvalue weighted by Gasteiger charge is -2.37. The zero-order valence-electron chi connectivity index (χ0n) is 12.6. The highest BCUT2D eigenvalue weighted by molar-refractivity contribution is 5.83. The number of nitrogens with one attached hydrogen (secondary N) is 1. The summed E-state index contributed by atoms with van der Waals surface area (Å²) in [5.74, 6) is 0.838. The van der Waals surface area contributed by atoms with E-state index in [4.69, 9.17) is 5.73 Å². The van der Waals surface area contributed by atoms with Gasteiger partial charge in [0.1, 0.15) is 0 Å². The molecule has 5 heteroatoms. The van der Waals surface area contributed by atoms with Crippen molar-refractivity contribution in [1.29, 1.82) is 0 Å². The van der Waals surface area contributed by atoms with Crippen molar-refractivity contribution in [2.24, 2.45) is 17.1 Å². The van der Waals surface area contributed by atoms with Crippen molar-refractivity contribution in [2.45, 2.75) is 46.1 Å². The Morgan fingerprint density at radius 2 is 2.25 bits per heavy atom. The predicted molar refractivity (Wildman–Crippen MR) is 79.1 cm³/mol. The second-order valence-electron chi connectivity index (χ2n) is 6.20. The van der Waals surface area contributed by atoms with Gasteiger partial charge in [-0.15, -0.1) is 0 Å². The van der Waals surface area contributed by atoms with Gasteiger partial charge in [0, 0.05) is 19.3 Å². The number of hydrogen-bond acceptors (Lipinski definition) is 3. The van der Waals surface area contributed by atoms with E-state index in [2.05, 4.69) is 17.3 Å². The van der Waals surface area contributed by atoms with Crippen LogP contribution in [0.15, 0.2) is 12.4 Å². The van der Waals surface area contributed by atoms with Gasteiger partial charge in [0.15, 0.2) is 0 Å². The van der Waals surface area contributed by atoms with Crippen LogP contribution in [0.25, 0.3) is 0 Å². The minimum Gasteiger partial charge on any atom is -0.354 e. The van der Waals surface area contributed by atoms with E-state index < -0.39 is 0 Å². The molecule has 0 aromatic carbocycles. The van der Waals surface area contributed by atoms with Crippen molar-refractivity contribution < 1.29 is 4.79 Å². The molecular weight excluding hydrogens is 252 g/mol. The zero-order valence-corrected chi connectivity index (χ0v) is 12.6. The molecule has 0 radical (unpaired) electrons. The van der Waals surface area contributed by atoms with Crippen LogP contribution in [0.5, 0.6) is 0 Å². The highest BCUT2D eigenvalue weighted by Gasteiger charge is 2.39. The fraction of sp³-hybridized carbons (Fsp3) is 0.733. The molecule has 3 N–H and O–H groups in total. The molecule has 2 rings (SSSR count). The molecule has 1 heterocycles. The molecule has 0 saturated heterocycles. The summed E-state index contributed by atoms with van der Waals surface area (Å²) in [6.07, 6.45) is 7.83. The normalized spacial score (nSPS) is 26.4. The van der Waals surface area contributed by atoms with Gasteiger partial charge in [-0.05, 0) is 44.1 Å². The van der Waals surface area contributed by atoms with Gasteiger partial charge in [-0.1, -0.05) is 6.92 Å². The summed E-state index contributed by atoms with van der Waals surface area (Å²) in [5, 5.41) is 7.25. The Morgan fingerprint density at radius 3 is 2.80 bits per heavy atom. The molecule has 1 fully saturated rings. The number of aromatic nitrogens is 2. The second kappa shape index (κ2) is 6.39. The molecular formula is C15H26N4O. The number of rotatable bonds is 5. The lowest BCUT2D eigenvalue weighted by atomic mass is 9.70. The largest absolute Gasteiger partial charge is 0.354 e. The number of amides is 1. The van der Waals surface area contributed by atoms with Gasteiger partial charge in [-0.25, -0.2) is 0 Å². The monoisotopic (exact) mass is 278 g/mol. The van der Waals surface area contributed by atoms with E-state index in [1.54, 1.807) is 0 Å².